The highest BCUT2D eigenvalue weighted by atomic mass is 19.1. The first-order valence-corrected chi connectivity index (χ1v) is 35.7. The van der Waals surface area contributed by atoms with Gasteiger partial charge >= 0.3 is 11.9 Å². The molecule has 5 aromatic carbocycles. The molecular weight excluding hydrogens is 1430 g/mol. The van der Waals surface area contributed by atoms with Crippen molar-refractivity contribution >= 4 is 76.9 Å². The Morgan fingerprint density at radius 3 is 1.77 bits per heavy atom. The van der Waals surface area contributed by atoms with Gasteiger partial charge in [-0.3, -0.25) is 62.3 Å². The summed E-state index contributed by atoms with van der Waals surface area (Å²) in [5.74, 6) is -15.1. The van der Waals surface area contributed by atoms with E-state index in [0.717, 1.165) is 53.3 Å². The van der Waals surface area contributed by atoms with E-state index in [2.05, 4.69) is 63.1 Å². The van der Waals surface area contributed by atoms with Crippen LogP contribution in [0.1, 0.15) is 107 Å². The second kappa shape index (κ2) is 42.0. The maximum absolute atomic E-state index is 15.6. The van der Waals surface area contributed by atoms with E-state index in [1.54, 1.807) is 56.5 Å². The fourth-order valence-electron chi connectivity index (χ4n) is 11.8. The first-order valence-electron chi connectivity index (χ1n) is 35.7. The number of carbonyl (C=O) groups excluding carboxylic acids is 11. The molecular formula is C77H97FN14O18. The average Bonchev–Trinajstić information content (AvgIpc) is 0.890. The van der Waals surface area contributed by atoms with E-state index in [0.29, 0.717) is 35.4 Å². The number of nitrogens with one attached hydrogen (secondary N) is 11. The summed E-state index contributed by atoms with van der Waals surface area (Å²) in [7, 11) is 1.55. The Labute approximate surface area is 634 Å². The van der Waals surface area contributed by atoms with Crippen LogP contribution in [0.2, 0.25) is 0 Å². The fourth-order valence-corrected chi connectivity index (χ4v) is 11.8. The molecule has 0 aliphatic rings. The van der Waals surface area contributed by atoms with E-state index in [9.17, 15) is 82.8 Å². The predicted octanol–water partition coefficient (Wildman–Crippen LogP) is 0.638. The van der Waals surface area contributed by atoms with E-state index in [1.165, 1.54) is 37.6 Å². The van der Waals surface area contributed by atoms with Crippen LogP contribution in [0.25, 0.3) is 22.3 Å². The molecule has 32 nitrogen and oxygen atoms in total. The number of nitrogens with two attached hydrogens (primary N) is 2. The smallest absolute Gasteiger partial charge is 0.305 e. The van der Waals surface area contributed by atoms with Crippen LogP contribution in [0.15, 0.2) is 128 Å². The minimum Gasteiger partial charge on any atom is -0.497 e. The normalized spacial score (nSPS) is 14.4. The third-order valence-electron chi connectivity index (χ3n) is 18.1. The van der Waals surface area contributed by atoms with Crippen molar-refractivity contribution in [1.29, 1.82) is 0 Å². The molecule has 33 heteroatoms. The maximum Gasteiger partial charge on any atom is 0.305 e. The molecule has 0 aliphatic carbocycles. The standard InChI is InChI=1S/C77H97FN14O18/c1-8-10-19-57(85-63(95)39-82-70(103)58(30-31-64(96)97)86-68(101)43(4)84-69(102)56(79)35-51-38-81-41-83-51)74(107)92-77(6,37-50-16-12-14-18-55(50)78)76(109)91-66(44(5)94)75(108)90-62(40-93)73(106)89-61(36-65(98)99)72(105)88-60(33-46-22-26-49(27-23-46)54-29-28-52(110-7)34-47(54)9-2)71(104)87-59(67(80)100)32-45-20-24-48(25-21-45)53-17-13-11-15-42(53)3/h11-18,20-29,34,38,41,43-44,56-62,66,93-94H,8-10,19,30-33,35-37,39-40,79H2,1-7H3,(H2,80,100)(H,81,83)(H,82,103)(H,84,102)(H,85,95)(H,86,101)(H,87,104)(H,88,105)(H,89,106)(H,90,108)(H,91,109)(H,92,107)(H,96,97)(H,98,99)/t43-,44-,56+,57+,58+,59+,60+,61+,62+,66+,77+/m1/s1. The number of methoxy groups -OCH3 is 1. The van der Waals surface area contributed by atoms with Gasteiger partial charge in [-0.1, -0.05) is 124 Å². The van der Waals surface area contributed by atoms with Gasteiger partial charge in [0.15, 0.2) is 0 Å². The van der Waals surface area contributed by atoms with E-state index >= 15 is 4.39 Å². The number of aliphatic hydroxyl groups excluding tert-OH is 2. The van der Waals surface area contributed by atoms with Gasteiger partial charge in [-0.2, -0.15) is 0 Å². The minimum absolute atomic E-state index is 0.0359. The Kier molecular flexibility index (Phi) is 33.2. The van der Waals surface area contributed by atoms with E-state index in [1.807, 2.05) is 62.4 Å². The summed E-state index contributed by atoms with van der Waals surface area (Å²) in [5.41, 5.74) is 16.5. The lowest BCUT2D eigenvalue weighted by atomic mass is 9.90. The highest BCUT2D eigenvalue weighted by Gasteiger charge is 2.42. The Bertz CT molecular complexity index is 4220. The largest absolute Gasteiger partial charge is 0.497 e. The number of aliphatic hydroxyl groups is 2. The lowest BCUT2D eigenvalue weighted by Crippen LogP contribution is -2.66. The molecule has 0 fully saturated rings. The summed E-state index contributed by atoms with van der Waals surface area (Å²) in [6, 6.07) is 17.9. The van der Waals surface area contributed by atoms with Gasteiger partial charge in [0.25, 0.3) is 0 Å². The number of halogens is 1. The number of carboxylic acid groups (broad SMARTS) is 2. The van der Waals surface area contributed by atoms with Crippen LogP contribution in [0.5, 0.6) is 5.75 Å². The summed E-state index contributed by atoms with van der Waals surface area (Å²) in [5, 5.41) is 65.1. The Morgan fingerprint density at radius 2 is 1.19 bits per heavy atom. The number of hydrogen-bond donors (Lipinski definition) is 17. The summed E-state index contributed by atoms with van der Waals surface area (Å²) < 4.78 is 21.0. The summed E-state index contributed by atoms with van der Waals surface area (Å²) in [6.45, 7) is 7.02. The molecule has 0 saturated carbocycles. The third-order valence-corrected chi connectivity index (χ3v) is 18.1. The van der Waals surface area contributed by atoms with Gasteiger partial charge in [-0.05, 0) is 115 Å². The van der Waals surface area contributed by atoms with Crippen LogP contribution in [0.3, 0.4) is 0 Å². The number of carboxylic acids is 2. The van der Waals surface area contributed by atoms with Crippen molar-refractivity contribution < 1.29 is 91.9 Å². The summed E-state index contributed by atoms with van der Waals surface area (Å²) >= 11 is 0. The topological polar surface area (TPSA) is 513 Å². The van der Waals surface area contributed by atoms with Gasteiger partial charge in [-0.15, -0.1) is 0 Å². The Morgan fingerprint density at radius 1 is 0.609 bits per heavy atom. The quantitative estimate of drug-likeness (QED) is 0.0250. The molecule has 11 amide bonds. The minimum atomic E-state index is -2.30. The number of nitrogens with zero attached hydrogens (tertiary/aromatic N) is 1. The second-order valence-corrected chi connectivity index (χ2v) is 26.8. The second-order valence-electron chi connectivity index (χ2n) is 26.8. The number of H-pyrrole nitrogens is 1. The zero-order chi connectivity index (χ0) is 80.9. The van der Waals surface area contributed by atoms with Crippen molar-refractivity contribution in [3.63, 3.8) is 0 Å². The monoisotopic (exact) mass is 1520 g/mol. The van der Waals surface area contributed by atoms with E-state index in [4.69, 9.17) is 16.2 Å². The van der Waals surface area contributed by atoms with Crippen molar-refractivity contribution in [3.8, 4) is 28.0 Å². The molecule has 0 unspecified atom stereocenters. The van der Waals surface area contributed by atoms with Crippen LogP contribution >= 0.6 is 0 Å². The Balaban J connectivity index is 1.18. The first kappa shape index (κ1) is 86.9. The molecule has 0 spiro atoms. The number of aromatic amines is 1. The van der Waals surface area contributed by atoms with Crippen LogP contribution in [0.4, 0.5) is 4.39 Å². The molecule has 0 saturated heterocycles. The van der Waals surface area contributed by atoms with E-state index < -0.39 is 188 Å². The van der Waals surface area contributed by atoms with Crippen molar-refractivity contribution in [2.24, 2.45) is 11.5 Å². The van der Waals surface area contributed by atoms with Gasteiger partial charge in [0.05, 0.1) is 45.2 Å². The zero-order valence-electron chi connectivity index (χ0n) is 62.1. The number of amides is 11. The number of aliphatic carboxylic acids is 2. The molecule has 0 bridgehead atoms. The highest BCUT2D eigenvalue weighted by Crippen LogP contribution is 2.29. The van der Waals surface area contributed by atoms with E-state index in [-0.39, 0.29) is 37.7 Å². The molecule has 6 rings (SSSR count). The molecule has 19 N–H and O–H groups in total. The van der Waals surface area contributed by atoms with Crippen LogP contribution in [-0.4, -0.2) is 194 Å². The Hall–Kier alpha value is -12.0. The van der Waals surface area contributed by atoms with Crippen molar-refractivity contribution in [3.05, 3.63) is 167 Å². The number of benzene rings is 5. The number of hydrogen-bond acceptors (Lipinski definition) is 18. The zero-order valence-corrected chi connectivity index (χ0v) is 62.1. The lowest BCUT2D eigenvalue weighted by Gasteiger charge is -2.34. The number of rotatable bonds is 43. The number of unbranched alkanes of at least 4 members (excludes halogenated alkanes) is 1. The molecule has 0 aliphatic heterocycles. The lowest BCUT2D eigenvalue weighted by molar-refractivity contribution is -0.142. The average molecular weight is 1530 g/mol. The van der Waals surface area contributed by atoms with Crippen molar-refractivity contribution in [2.75, 3.05) is 20.3 Å². The predicted molar refractivity (Wildman–Crippen MR) is 399 cm³/mol. The van der Waals surface area contributed by atoms with Crippen LogP contribution in [-0.2, 0) is 94.4 Å². The molecule has 110 heavy (non-hydrogen) atoms. The molecule has 0 radical (unpaired) electrons. The molecule has 590 valence electrons. The van der Waals surface area contributed by atoms with Gasteiger partial charge in [-0.25, -0.2) is 9.37 Å². The molecule has 1 aromatic heterocycles. The summed E-state index contributed by atoms with van der Waals surface area (Å²) in [6.07, 6.45) is -1.03. The van der Waals surface area contributed by atoms with Crippen LogP contribution in [0, 0.1) is 12.7 Å². The van der Waals surface area contributed by atoms with Crippen molar-refractivity contribution in [1.82, 2.24) is 63.1 Å². The number of primary amides is 1. The number of aryl methyl sites for hydroxylation is 2. The molecule has 6 aromatic rings. The molecule has 1 heterocycles. The van der Waals surface area contributed by atoms with Gasteiger partial charge in [0, 0.05) is 44.0 Å². The van der Waals surface area contributed by atoms with Crippen molar-refractivity contribution in [2.45, 2.75) is 178 Å². The SMILES string of the molecule is CCCC[C@H](NC(=O)CNC(=O)[C@H](CCC(=O)O)NC(=O)[C@@H](C)NC(=O)[C@@H](N)Cc1cnc[nH]1)C(=O)N[C@@](C)(Cc1ccccc1F)C(=O)N[C@H](C(=O)N[C@@H](CO)C(=O)N[C@@H](CC(=O)O)C(=O)N[C@@H](Cc1ccc(-c2ccc(OC)cc2CC)cc1)C(=O)N[C@@H](Cc1ccc(-c2ccccc2C)cc1)C(N)=O)[C@@H](C)O. The van der Waals surface area contributed by atoms with Gasteiger partial charge in [0.1, 0.15) is 65.4 Å². The first-order chi connectivity index (χ1) is 52.3. The number of imidazole rings is 1. The molecule has 11 atom stereocenters. The number of ether oxygens (including phenoxy) is 1. The number of carbonyl (C=O) groups is 13. The fraction of sp³-hybridized carbons (Fsp3) is 0.403. The van der Waals surface area contributed by atoms with Gasteiger partial charge < -0.3 is 94.8 Å². The maximum atomic E-state index is 15.6. The van der Waals surface area contributed by atoms with Gasteiger partial charge in [0.2, 0.25) is 65.0 Å². The number of aromatic nitrogens is 2. The third kappa shape index (κ3) is 26.2. The van der Waals surface area contributed by atoms with Crippen LogP contribution < -0.4 is 69.4 Å². The highest BCUT2D eigenvalue weighted by molar-refractivity contribution is 6.00. The summed E-state index contributed by atoms with van der Waals surface area (Å²) in [4.78, 5) is 184.